The number of urea groups is 1. The average Bonchev–Trinajstić information content (AvgIpc) is 3.94. The Labute approximate surface area is 314 Å². The van der Waals surface area contributed by atoms with Gasteiger partial charge in [-0.15, -0.1) is 10.2 Å². The second-order valence-corrected chi connectivity index (χ2v) is 14.7. The van der Waals surface area contributed by atoms with Crippen molar-refractivity contribution in [3.8, 4) is 22.8 Å². The number of fused-ring (bicyclic) bond motifs is 2. The molecular formula is C41H45N9O4. The summed E-state index contributed by atoms with van der Waals surface area (Å²) in [6, 6.07) is 25.8. The van der Waals surface area contributed by atoms with Crippen LogP contribution in [-0.2, 0) is 10.2 Å². The van der Waals surface area contributed by atoms with E-state index < -0.39 is 0 Å². The van der Waals surface area contributed by atoms with Gasteiger partial charge in [-0.05, 0) is 80.1 Å². The lowest BCUT2D eigenvalue weighted by Gasteiger charge is -2.32. The van der Waals surface area contributed by atoms with Gasteiger partial charge in [-0.1, -0.05) is 62.7 Å². The Kier molecular flexibility index (Phi) is 10.3. The predicted molar refractivity (Wildman–Crippen MR) is 207 cm³/mol. The number of ether oxygens (including phenoxy) is 1. The van der Waals surface area contributed by atoms with E-state index in [-0.39, 0.29) is 30.1 Å². The molecule has 2 aromatic carbocycles. The van der Waals surface area contributed by atoms with Crippen molar-refractivity contribution in [1.29, 1.82) is 0 Å². The van der Waals surface area contributed by atoms with Gasteiger partial charge in [0.2, 0.25) is 0 Å². The summed E-state index contributed by atoms with van der Waals surface area (Å²) in [4.78, 5) is 28.9. The molecule has 13 nitrogen and oxygen atoms in total. The number of carboxylic acid groups (broad SMARTS) is 1. The fourth-order valence-electron chi connectivity index (χ4n) is 7.03. The molecule has 0 unspecified atom stereocenters. The van der Waals surface area contributed by atoms with Gasteiger partial charge < -0.3 is 20.1 Å². The van der Waals surface area contributed by atoms with Gasteiger partial charge in [0.25, 0.3) is 6.47 Å². The number of aryl methyl sites for hydroxylation is 1. The van der Waals surface area contributed by atoms with Crippen LogP contribution in [0, 0.1) is 6.92 Å². The zero-order chi connectivity index (χ0) is 37.8. The first-order chi connectivity index (χ1) is 26.1. The molecule has 13 heteroatoms. The molecule has 3 N–H and O–H groups in total. The van der Waals surface area contributed by atoms with Crippen LogP contribution < -0.4 is 20.3 Å². The van der Waals surface area contributed by atoms with E-state index in [4.69, 9.17) is 19.7 Å². The Balaban J connectivity index is 0.00000145. The Morgan fingerprint density at radius 2 is 1.69 bits per heavy atom. The molecule has 1 aliphatic heterocycles. The second kappa shape index (κ2) is 15.4. The van der Waals surface area contributed by atoms with Crippen LogP contribution in [0.4, 0.5) is 16.4 Å². The summed E-state index contributed by atoms with van der Waals surface area (Å²) in [5.41, 5.74) is 6.57. The number of anilines is 2. The summed E-state index contributed by atoms with van der Waals surface area (Å²) in [6.45, 7) is 10.2. The minimum Gasteiger partial charge on any atom is -0.484 e. The summed E-state index contributed by atoms with van der Waals surface area (Å²) in [5.74, 6) is 3.06. The first-order valence-electron chi connectivity index (χ1n) is 18.3. The molecule has 6 aromatic rings. The van der Waals surface area contributed by atoms with E-state index in [0.717, 1.165) is 82.6 Å². The Bertz CT molecular complexity index is 2250. The van der Waals surface area contributed by atoms with Gasteiger partial charge >= 0.3 is 6.03 Å². The third-order valence-corrected chi connectivity index (χ3v) is 9.83. The van der Waals surface area contributed by atoms with Gasteiger partial charge in [-0.25, -0.2) is 14.5 Å². The highest BCUT2D eigenvalue weighted by molar-refractivity contribution is 5.89. The molecule has 2 aliphatic rings. The molecule has 1 saturated heterocycles. The second-order valence-electron chi connectivity index (χ2n) is 14.7. The first-order valence-corrected chi connectivity index (χ1v) is 18.3. The van der Waals surface area contributed by atoms with Gasteiger partial charge in [0.1, 0.15) is 23.5 Å². The number of hydrogen-bond acceptors (Lipinski definition) is 8. The maximum Gasteiger partial charge on any atom is 0.320 e. The Morgan fingerprint density at radius 3 is 2.43 bits per heavy atom. The van der Waals surface area contributed by atoms with E-state index in [2.05, 4.69) is 76.6 Å². The zero-order valence-corrected chi connectivity index (χ0v) is 30.9. The minimum atomic E-state index is -0.280. The van der Waals surface area contributed by atoms with E-state index in [1.807, 2.05) is 77.5 Å². The monoisotopic (exact) mass is 727 g/mol. The van der Waals surface area contributed by atoms with Crippen molar-refractivity contribution in [3.05, 3.63) is 114 Å². The van der Waals surface area contributed by atoms with Crippen LogP contribution in [0.5, 0.6) is 5.75 Å². The topological polar surface area (TPSA) is 152 Å². The molecule has 1 fully saturated rings. The van der Waals surface area contributed by atoms with Gasteiger partial charge in [0, 0.05) is 36.3 Å². The molecule has 2 atom stereocenters. The van der Waals surface area contributed by atoms with Crippen molar-refractivity contribution < 1.29 is 19.4 Å². The summed E-state index contributed by atoms with van der Waals surface area (Å²) < 4.78 is 10.5. The molecule has 54 heavy (non-hydrogen) atoms. The van der Waals surface area contributed by atoms with E-state index >= 15 is 0 Å². The molecule has 0 bridgehead atoms. The zero-order valence-electron chi connectivity index (χ0n) is 30.9. The first kappa shape index (κ1) is 36.1. The summed E-state index contributed by atoms with van der Waals surface area (Å²) >= 11 is 0. The number of pyridine rings is 2. The van der Waals surface area contributed by atoms with E-state index in [0.29, 0.717) is 5.82 Å². The number of benzene rings is 2. The molecule has 0 saturated carbocycles. The lowest BCUT2D eigenvalue weighted by Crippen LogP contribution is -2.36. The van der Waals surface area contributed by atoms with Crippen LogP contribution in [0.25, 0.3) is 22.7 Å². The molecule has 0 radical (unpaired) electrons. The minimum absolute atomic E-state index is 0.178. The highest BCUT2D eigenvalue weighted by atomic mass is 16.5. The Hall–Kier alpha value is -6.24. The molecule has 8 rings (SSSR count). The lowest BCUT2D eigenvalue weighted by molar-refractivity contribution is -0.122. The summed E-state index contributed by atoms with van der Waals surface area (Å²) in [5, 5.41) is 27.0. The lowest BCUT2D eigenvalue weighted by atomic mass is 9.85. The van der Waals surface area contributed by atoms with Crippen molar-refractivity contribution >= 4 is 29.8 Å². The fourth-order valence-corrected chi connectivity index (χ4v) is 7.03. The highest BCUT2D eigenvalue weighted by Gasteiger charge is 2.30. The highest BCUT2D eigenvalue weighted by Crippen LogP contribution is 2.39. The smallest absolute Gasteiger partial charge is 0.320 e. The molecule has 1 aliphatic carbocycles. The molecule has 4 aromatic heterocycles. The van der Waals surface area contributed by atoms with Crippen LogP contribution in [0.15, 0.2) is 91.3 Å². The van der Waals surface area contributed by atoms with E-state index in [1.165, 1.54) is 12.8 Å². The number of amides is 2. The summed E-state index contributed by atoms with van der Waals surface area (Å²) in [6.07, 6.45) is 7.45. The number of rotatable bonds is 7. The standard InChI is InChI=1S/C40H43N9O2.CH2O2/c1-26-11-13-28(14-12-26)49-37(24-34(46-49)40(2,3)4)43-39(50)42-32-16-17-33(31-10-6-5-9-30(31)32)51-29-15-18-35-44-45-38(48(35)25-29)27-19-20-41-36(23-27)47-21-7-8-22-47;2-1-3/h5-6,9-15,18-20,23-25,32-33H,7-8,16-17,21-22H2,1-4H3,(H2,42,43,50);1H,(H,2,3)/t32-,33+;/m0./s1. The predicted octanol–water partition coefficient (Wildman–Crippen LogP) is 7.66. The van der Waals surface area contributed by atoms with Gasteiger partial charge in [0.15, 0.2) is 11.5 Å². The van der Waals surface area contributed by atoms with Crippen LogP contribution in [0.2, 0.25) is 0 Å². The van der Waals surface area contributed by atoms with Crippen LogP contribution in [-0.4, -0.2) is 60.1 Å². The summed E-state index contributed by atoms with van der Waals surface area (Å²) in [7, 11) is 0. The third kappa shape index (κ3) is 7.75. The Morgan fingerprint density at radius 1 is 0.944 bits per heavy atom. The van der Waals surface area contributed by atoms with E-state index in [1.54, 1.807) is 4.68 Å². The quantitative estimate of drug-likeness (QED) is 0.141. The third-order valence-electron chi connectivity index (χ3n) is 9.83. The number of nitrogens with one attached hydrogen (secondary N) is 2. The number of carbonyl (C=O) groups is 2. The fraction of sp³-hybridized carbons (Fsp3) is 0.317. The van der Waals surface area contributed by atoms with Crippen molar-refractivity contribution in [2.45, 2.75) is 70.9 Å². The van der Waals surface area contributed by atoms with Crippen molar-refractivity contribution in [1.82, 2.24) is 34.7 Å². The molecule has 278 valence electrons. The number of carbonyl (C=O) groups excluding carboxylic acids is 1. The van der Waals surface area contributed by atoms with Crippen LogP contribution in [0.3, 0.4) is 0 Å². The van der Waals surface area contributed by atoms with Crippen molar-refractivity contribution in [2.24, 2.45) is 0 Å². The molecule has 0 spiro atoms. The largest absolute Gasteiger partial charge is 0.484 e. The van der Waals surface area contributed by atoms with Gasteiger partial charge in [-0.2, -0.15) is 5.10 Å². The SMILES string of the molecule is Cc1ccc(-n2nc(C(C)(C)C)cc2NC(=O)N[C@H]2CC[C@@H](Oc3ccc4nnc(-c5ccnc(N6CCCC6)c5)n4c3)c3ccccc32)cc1.O=CO. The molecule has 5 heterocycles. The molecule has 2 amide bonds. The van der Waals surface area contributed by atoms with Crippen molar-refractivity contribution in [3.63, 3.8) is 0 Å². The van der Waals surface area contributed by atoms with Crippen LogP contribution >= 0.6 is 0 Å². The number of hydrogen-bond donors (Lipinski definition) is 3. The van der Waals surface area contributed by atoms with Gasteiger partial charge in [-0.3, -0.25) is 14.5 Å². The van der Waals surface area contributed by atoms with E-state index in [9.17, 15) is 4.79 Å². The van der Waals surface area contributed by atoms with Crippen LogP contribution in [0.1, 0.15) is 81.0 Å². The normalized spacial score (nSPS) is 16.6. The number of aromatic nitrogens is 6. The average molecular weight is 728 g/mol. The maximum absolute atomic E-state index is 13.6. The van der Waals surface area contributed by atoms with Gasteiger partial charge in [0.05, 0.1) is 23.6 Å². The molecular weight excluding hydrogens is 683 g/mol. The van der Waals surface area contributed by atoms with Crippen molar-refractivity contribution in [2.75, 3.05) is 23.3 Å². The maximum atomic E-state index is 13.6. The number of nitrogens with zero attached hydrogens (tertiary/aromatic N) is 7.